The van der Waals surface area contributed by atoms with Crippen molar-refractivity contribution in [1.82, 2.24) is 24.6 Å². The van der Waals surface area contributed by atoms with Gasteiger partial charge in [-0.1, -0.05) is 17.3 Å². The van der Waals surface area contributed by atoms with Crippen LogP contribution in [0.5, 0.6) is 0 Å². The third-order valence-electron chi connectivity index (χ3n) is 5.54. The molecule has 5 rings (SSSR count). The van der Waals surface area contributed by atoms with Crippen molar-refractivity contribution in [2.75, 3.05) is 26.7 Å². The van der Waals surface area contributed by atoms with Crippen molar-refractivity contribution < 1.29 is 23.1 Å². The van der Waals surface area contributed by atoms with Gasteiger partial charge in [0.2, 0.25) is 0 Å². The number of fused-ring (bicyclic) bond motifs is 1. The summed E-state index contributed by atoms with van der Waals surface area (Å²) in [6.45, 7) is 4.13. The first kappa shape index (κ1) is 24.3. The fourth-order valence-corrected chi connectivity index (χ4v) is 5.15. The lowest BCUT2D eigenvalue weighted by molar-refractivity contribution is -0.192. The summed E-state index contributed by atoms with van der Waals surface area (Å²) < 4.78 is 33.7. The van der Waals surface area contributed by atoms with Crippen molar-refractivity contribution >= 4 is 34.2 Å². The largest absolute Gasteiger partial charge is 0.490 e. The van der Waals surface area contributed by atoms with Crippen LogP contribution in [0.1, 0.15) is 16.6 Å². The van der Waals surface area contributed by atoms with E-state index >= 15 is 0 Å². The van der Waals surface area contributed by atoms with Gasteiger partial charge in [-0.25, -0.2) is 9.31 Å². The maximum absolute atomic E-state index is 10.6. The second kappa shape index (κ2) is 10.2. The van der Waals surface area contributed by atoms with E-state index in [0.717, 1.165) is 37.4 Å². The van der Waals surface area contributed by atoms with Crippen molar-refractivity contribution in [2.24, 2.45) is 0 Å². The van der Waals surface area contributed by atoms with Crippen LogP contribution in [0.4, 0.5) is 13.2 Å². The Bertz CT molecular complexity index is 1230. The second-order valence-electron chi connectivity index (χ2n) is 7.85. The van der Waals surface area contributed by atoms with Crippen molar-refractivity contribution in [3.63, 3.8) is 0 Å². The Morgan fingerprint density at radius 1 is 1.18 bits per heavy atom. The minimum Gasteiger partial charge on any atom is -0.475 e. The predicted octanol–water partition coefficient (Wildman–Crippen LogP) is 4.64. The van der Waals surface area contributed by atoms with Gasteiger partial charge in [-0.3, -0.25) is 9.80 Å². The van der Waals surface area contributed by atoms with E-state index in [1.807, 2.05) is 15.9 Å². The maximum Gasteiger partial charge on any atom is 0.490 e. The van der Waals surface area contributed by atoms with Crippen LogP contribution in [0.25, 0.3) is 16.6 Å². The van der Waals surface area contributed by atoms with Crippen LogP contribution in [0.3, 0.4) is 0 Å². The molecule has 12 heteroatoms. The fraction of sp³-hybridized carbons (Fsp3) is 0.318. The topological polar surface area (TPSA) is 74.0 Å². The molecule has 1 unspecified atom stereocenters. The van der Waals surface area contributed by atoms with Gasteiger partial charge < -0.3 is 5.11 Å². The SMILES string of the molecule is CN1CCN(Cc2cccs2)CC1c1nnn2cc(-c3ccsc3)ccc12.O=C(O)C(F)(F)F. The lowest BCUT2D eigenvalue weighted by atomic mass is 10.1. The number of rotatable bonds is 4. The highest BCUT2D eigenvalue weighted by molar-refractivity contribution is 7.09. The molecule has 1 atom stereocenters. The van der Waals surface area contributed by atoms with Crippen LogP contribution in [0.15, 0.2) is 52.7 Å². The lowest BCUT2D eigenvalue weighted by Crippen LogP contribution is -2.46. The van der Waals surface area contributed by atoms with E-state index in [1.165, 1.54) is 16.0 Å². The Morgan fingerprint density at radius 2 is 1.97 bits per heavy atom. The Kier molecular flexibility index (Phi) is 7.31. The summed E-state index contributed by atoms with van der Waals surface area (Å²) in [4.78, 5) is 15.3. The summed E-state index contributed by atoms with van der Waals surface area (Å²) in [6, 6.07) is 11.1. The van der Waals surface area contributed by atoms with Crippen molar-refractivity contribution in [1.29, 1.82) is 0 Å². The maximum atomic E-state index is 10.6. The van der Waals surface area contributed by atoms with E-state index in [2.05, 4.69) is 79.8 Å². The van der Waals surface area contributed by atoms with Crippen LogP contribution >= 0.6 is 22.7 Å². The summed E-state index contributed by atoms with van der Waals surface area (Å²) in [5.41, 5.74) is 4.58. The minimum atomic E-state index is -5.08. The number of hydrogen-bond acceptors (Lipinski definition) is 7. The minimum absolute atomic E-state index is 0.267. The molecule has 1 fully saturated rings. The number of carbonyl (C=O) groups is 1. The number of thiophene rings is 2. The molecule has 1 saturated heterocycles. The zero-order chi connectivity index (χ0) is 24.3. The van der Waals surface area contributed by atoms with Gasteiger partial charge in [-0.05, 0) is 47.0 Å². The molecule has 4 aromatic heterocycles. The van der Waals surface area contributed by atoms with Crippen LogP contribution in [-0.2, 0) is 11.3 Å². The first-order valence-electron chi connectivity index (χ1n) is 10.3. The molecule has 5 heterocycles. The molecule has 1 N–H and O–H groups in total. The number of halogens is 3. The number of alkyl halides is 3. The zero-order valence-corrected chi connectivity index (χ0v) is 19.8. The van der Waals surface area contributed by atoms with Crippen LogP contribution < -0.4 is 0 Å². The Labute approximate surface area is 201 Å². The molecule has 0 bridgehead atoms. The van der Waals surface area contributed by atoms with Gasteiger partial charge in [0.25, 0.3) is 0 Å². The first-order chi connectivity index (χ1) is 16.2. The molecule has 4 aromatic rings. The van der Waals surface area contributed by atoms with E-state index in [-0.39, 0.29) is 6.04 Å². The van der Waals surface area contributed by atoms with E-state index < -0.39 is 12.1 Å². The highest BCUT2D eigenvalue weighted by Gasteiger charge is 2.38. The fourth-order valence-electron chi connectivity index (χ4n) is 3.74. The molecule has 0 radical (unpaired) electrons. The molecule has 1 aliphatic heterocycles. The van der Waals surface area contributed by atoms with Crippen LogP contribution in [0, 0.1) is 0 Å². The average Bonchev–Trinajstić information content (AvgIpc) is 3.56. The number of piperazine rings is 1. The molecule has 0 amide bonds. The smallest absolute Gasteiger partial charge is 0.475 e. The van der Waals surface area contributed by atoms with Crippen LogP contribution in [-0.4, -0.2) is 68.6 Å². The van der Waals surface area contributed by atoms with Crippen molar-refractivity contribution in [3.05, 3.63) is 63.2 Å². The number of pyridine rings is 1. The highest BCUT2D eigenvalue weighted by Crippen LogP contribution is 2.29. The van der Waals surface area contributed by atoms with Crippen LogP contribution in [0.2, 0.25) is 0 Å². The van der Waals surface area contributed by atoms with E-state index in [4.69, 9.17) is 9.90 Å². The molecule has 180 valence electrons. The molecular weight excluding hydrogens is 487 g/mol. The third kappa shape index (κ3) is 5.63. The number of hydrogen-bond donors (Lipinski definition) is 1. The highest BCUT2D eigenvalue weighted by atomic mass is 32.1. The first-order valence-corrected chi connectivity index (χ1v) is 12.2. The molecule has 0 saturated carbocycles. The lowest BCUT2D eigenvalue weighted by Gasteiger charge is -2.38. The molecule has 7 nitrogen and oxygen atoms in total. The number of carboxylic acids is 1. The number of aromatic nitrogens is 3. The Balaban J connectivity index is 0.000000344. The normalized spacial score (nSPS) is 17.5. The average molecular weight is 510 g/mol. The Hall–Kier alpha value is -2.80. The van der Waals surface area contributed by atoms with Gasteiger partial charge in [0, 0.05) is 42.8 Å². The quantitative estimate of drug-likeness (QED) is 0.432. The van der Waals surface area contributed by atoms with Crippen molar-refractivity contribution in [2.45, 2.75) is 18.8 Å². The molecule has 0 aromatic carbocycles. The predicted molar refractivity (Wildman–Crippen MR) is 125 cm³/mol. The van der Waals surface area contributed by atoms with E-state index in [0.29, 0.717) is 0 Å². The summed E-state index contributed by atoms with van der Waals surface area (Å²) in [5.74, 6) is -2.76. The van der Waals surface area contributed by atoms with Crippen molar-refractivity contribution in [3.8, 4) is 11.1 Å². The number of likely N-dealkylation sites (N-methyl/N-ethyl adjacent to an activating group) is 1. The van der Waals surface area contributed by atoms with Gasteiger partial charge in [0.05, 0.1) is 11.6 Å². The second-order valence-corrected chi connectivity index (χ2v) is 9.66. The number of carboxylic acid groups (broad SMARTS) is 1. The van der Waals surface area contributed by atoms with E-state index in [9.17, 15) is 13.2 Å². The zero-order valence-electron chi connectivity index (χ0n) is 18.1. The molecule has 0 aliphatic carbocycles. The van der Waals surface area contributed by atoms with Gasteiger partial charge in [0.1, 0.15) is 5.69 Å². The van der Waals surface area contributed by atoms with Gasteiger partial charge >= 0.3 is 12.1 Å². The molecule has 0 spiro atoms. The number of nitrogens with zero attached hydrogens (tertiary/aromatic N) is 5. The number of aliphatic carboxylic acids is 1. The summed E-state index contributed by atoms with van der Waals surface area (Å²) in [7, 11) is 2.19. The Morgan fingerprint density at radius 3 is 2.62 bits per heavy atom. The third-order valence-corrected chi connectivity index (χ3v) is 7.09. The summed E-state index contributed by atoms with van der Waals surface area (Å²) in [6.07, 6.45) is -3.00. The standard InChI is InChI=1S/C20H21N5S2.C2HF3O2/c1-23-7-8-24(12-17-3-2-9-27-17)13-19(23)20-18-5-4-15(11-25(18)22-21-20)16-6-10-26-14-16;3-2(4,5)1(6)7/h2-6,9-11,14,19H,7-8,12-13H2,1H3;(H,6,7). The van der Waals surface area contributed by atoms with Gasteiger partial charge in [-0.2, -0.15) is 24.5 Å². The van der Waals surface area contributed by atoms with Gasteiger partial charge in [0.15, 0.2) is 0 Å². The summed E-state index contributed by atoms with van der Waals surface area (Å²) >= 11 is 3.55. The molecule has 1 aliphatic rings. The van der Waals surface area contributed by atoms with E-state index in [1.54, 1.807) is 11.3 Å². The van der Waals surface area contributed by atoms with Gasteiger partial charge in [-0.15, -0.1) is 16.4 Å². The molecular formula is C22H22F3N5O2S2. The molecule has 34 heavy (non-hydrogen) atoms. The summed E-state index contributed by atoms with van der Waals surface area (Å²) in [5, 5.41) is 22.5. The monoisotopic (exact) mass is 509 g/mol.